The van der Waals surface area contributed by atoms with Crippen LogP contribution in [0.2, 0.25) is 0 Å². The van der Waals surface area contributed by atoms with Gasteiger partial charge in [0, 0.05) is 19.0 Å². The molecule has 1 aliphatic rings. The number of hydrogen-bond acceptors (Lipinski definition) is 5. The predicted molar refractivity (Wildman–Crippen MR) is 70.4 cm³/mol. The SMILES string of the molecule is O=c1[nH]nc(C2CCCN(c3ccc(C(F)(F)F)nn3)C2)[nH]1. The van der Waals surface area contributed by atoms with Crippen molar-refractivity contribution in [1.29, 1.82) is 0 Å². The number of halogens is 3. The van der Waals surface area contributed by atoms with Gasteiger partial charge in [0.2, 0.25) is 0 Å². The summed E-state index contributed by atoms with van der Waals surface area (Å²) in [6.45, 7) is 1.19. The topological polar surface area (TPSA) is 90.6 Å². The van der Waals surface area contributed by atoms with Gasteiger partial charge >= 0.3 is 11.9 Å². The zero-order valence-corrected chi connectivity index (χ0v) is 11.4. The first kappa shape index (κ1) is 14.5. The number of hydrogen-bond donors (Lipinski definition) is 2. The smallest absolute Gasteiger partial charge is 0.354 e. The van der Waals surface area contributed by atoms with Crippen LogP contribution in [0, 0.1) is 0 Å². The van der Waals surface area contributed by atoms with Gasteiger partial charge in [0.15, 0.2) is 11.5 Å². The van der Waals surface area contributed by atoms with Crippen molar-refractivity contribution >= 4 is 5.82 Å². The highest BCUT2D eigenvalue weighted by Crippen LogP contribution is 2.29. The molecule has 2 aromatic heterocycles. The van der Waals surface area contributed by atoms with Crippen LogP contribution in [-0.4, -0.2) is 38.5 Å². The largest absolute Gasteiger partial charge is 0.435 e. The maximum absolute atomic E-state index is 12.5. The van der Waals surface area contributed by atoms with Gasteiger partial charge in [-0.15, -0.1) is 10.2 Å². The Morgan fingerprint density at radius 3 is 2.68 bits per heavy atom. The average molecular weight is 314 g/mol. The number of aromatic amines is 2. The molecule has 0 saturated carbocycles. The molecule has 22 heavy (non-hydrogen) atoms. The summed E-state index contributed by atoms with van der Waals surface area (Å²) in [7, 11) is 0. The summed E-state index contributed by atoms with van der Waals surface area (Å²) in [5.74, 6) is 0.932. The fourth-order valence-electron chi connectivity index (χ4n) is 2.53. The van der Waals surface area contributed by atoms with Gasteiger partial charge in [-0.2, -0.15) is 18.3 Å². The first-order chi connectivity index (χ1) is 10.4. The van der Waals surface area contributed by atoms with E-state index in [4.69, 9.17) is 0 Å². The third kappa shape index (κ3) is 2.95. The van der Waals surface area contributed by atoms with Crippen molar-refractivity contribution in [2.75, 3.05) is 18.0 Å². The van der Waals surface area contributed by atoms with Crippen LogP contribution in [0.3, 0.4) is 0 Å². The lowest BCUT2D eigenvalue weighted by atomic mass is 9.97. The van der Waals surface area contributed by atoms with E-state index in [1.165, 1.54) is 6.07 Å². The first-order valence-corrected chi connectivity index (χ1v) is 6.74. The maximum Gasteiger partial charge on any atom is 0.435 e. The lowest BCUT2D eigenvalue weighted by Crippen LogP contribution is -2.35. The molecule has 1 saturated heterocycles. The highest BCUT2D eigenvalue weighted by Gasteiger charge is 2.33. The normalized spacial score (nSPS) is 19.4. The average Bonchev–Trinajstić information content (AvgIpc) is 2.93. The van der Waals surface area contributed by atoms with Crippen molar-refractivity contribution in [2.45, 2.75) is 24.9 Å². The van der Waals surface area contributed by atoms with Crippen LogP contribution >= 0.6 is 0 Å². The van der Waals surface area contributed by atoms with Crippen molar-refractivity contribution in [3.8, 4) is 0 Å². The minimum atomic E-state index is -4.50. The Kier molecular flexibility index (Phi) is 3.59. The molecule has 7 nitrogen and oxygen atoms in total. The van der Waals surface area contributed by atoms with Crippen LogP contribution in [0.25, 0.3) is 0 Å². The van der Waals surface area contributed by atoms with E-state index in [1.54, 1.807) is 0 Å². The molecule has 3 rings (SSSR count). The molecule has 0 aliphatic carbocycles. The van der Waals surface area contributed by atoms with Crippen molar-refractivity contribution in [3.63, 3.8) is 0 Å². The summed E-state index contributed by atoms with van der Waals surface area (Å²) in [6, 6.07) is 2.23. The highest BCUT2D eigenvalue weighted by molar-refractivity contribution is 5.39. The Balaban J connectivity index is 1.76. The Morgan fingerprint density at radius 2 is 2.09 bits per heavy atom. The number of alkyl halides is 3. The van der Waals surface area contributed by atoms with Crippen LogP contribution in [0.1, 0.15) is 30.3 Å². The fraction of sp³-hybridized carbons (Fsp3) is 0.500. The molecule has 0 amide bonds. The summed E-state index contributed by atoms with van der Waals surface area (Å²) < 4.78 is 37.5. The van der Waals surface area contributed by atoms with E-state index in [0.717, 1.165) is 18.9 Å². The van der Waals surface area contributed by atoms with Gasteiger partial charge in [0.25, 0.3) is 0 Å². The Labute approximate surface area is 122 Å². The molecular formula is C12H13F3N6O. The second-order valence-electron chi connectivity index (χ2n) is 5.12. The van der Waals surface area contributed by atoms with Gasteiger partial charge in [-0.3, -0.25) is 4.98 Å². The van der Waals surface area contributed by atoms with Crippen LogP contribution in [-0.2, 0) is 6.18 Å². The Hall–Kier alpha value is -2.39. The lowest BCUT2D eigenvalue weighted by Gasteiger charge is -2.32. The monoisotopic (exact) mass is 314 g/mol. The molecule has 10 heteroatoms. The third-order valence-electron chi connectivity index (χ3n) is 3.59. The van der Waals surface area contributed by atoms with E-state index >= 15 is 0 Å². The van der Waals surface area contributed by atoms with Crippen molar-refractivity contribution in [1.82, 2.24) is 25.4 Å². The van der Waals surface area contributed by atoms with E-state index in [2.05, 4.69) is 25.4 Å². The molecular weight excluding hydrogens is 301 g/mol. The number of piperidine rings is 1. The van der Waals surface area contributed by atoms with E-state index in [0.29, 0.717) is 24.7 Å². The number of rotatable bonds is 2. The quantitative estimate of drug-likeness (QED) is 0.872. The minimum Gasteiger partial charge on any atom is -0.354 e. The summed E-state index contributed by atoms with van der Waals surface area (Å²) in [5, 5.41) is 13.1. The number of aromatic nitrogens is 5. The van der Waals surface area contributed by atoms with Crippen LogP contribution in [0.15, 0.2) is 16.9 Å². The summed E-state index contributed by atoms with van der Waals surface area (Å²) in [5.41, 5.74) is -1.39. The molecule has 0 spiro atoms. The van der Waals surface area contributed by atoms with E-state index in [9.17, 15) is 18.0 Å². The molecule has 2 aromatic rings. The van der Waals surface area contributed by atoms with Gasteiger partial charge in [0.05, 0.1) is 0 Å². The number of H-pyrrole nitrogens is 2. The maximum atomic E-state index is 12.5. The fourth-order valence-corrected chi connectivity index (χ4v) is 2.53. The summed E-state index contributed by atoms with van der Waals surface area (Å²) in [4.78, 5) is 15.6. The zero-order valence-electron chi connectivity index (χ0n) is 11.4. The van der Waals surface area contributed by atoms with Crippen LogP contribution < -0.4 is 10.6 Å². The Bertz CT molecular complexity index is 692. The van der Waals surface area contributed by atoms with E-state index < -0.39 is 11.9 Å². The minimum absolute atomic E-state index is 0.00297. The predicted octanol–water partition coefficient (Wildman–Crippen LogP) is 1.29. The number of anilines is 1. The molecule has 1 atom stereocenters. The molecule has 3 heterocycles. The molecule has 0 bridgehead atoms. The van der Waals surface area contributed by atoms with Crippen LogP contribution in [0.5, 0.6) is 0 Å². The molecule has 1 aliphatic heterocycles. The molecule has 118 valence electrons. The van der Waals surface area contributed by atoms with Crippen LogP contribution in [0.4, 0.5) is 19.0 Å². The summed E-state index contributed by atoms with van der Waals surface area (Å²) in [6.07, 6.45) is -2.84. The molecule has 1 fully saturated rings. The van der Waals surface area contributed by atoms with Gasteiger partial charge in [-0.05, 0) is 25.0 Å². The Morgan fingerprint density at radius 1 is 1.27 bits per heavy atom. The van der Waals surface area contributed by atoms with Crippen molar-refractivity contribution < 1.29 is 13.2 Å². The highest BCUT2D eigenvalue weighted by atomic mass is 19.4. The lowest BCUT2D eigenvalue weighted by molar-refractivity contribution is -0.141. The number of nitrogens with zero attached hydrogens (tertiary/aromatic N) is 4. The molecule has 0 aromatic carbocycles. The second kappa shape index (κ2) is 5.43. The van der Waals surface area contributed by atoms with E-state index in [-0.39, 0.29) is 11.6 Å². The third-order valence-corrected chi connectivity index (χ3v) is 3.59. The first-order valence-electron chi connectivity index (χ1n) is 6.74. The van der Waals surface area contributed by atoms with Gasteiger partial charge < -0.3 is 4.90 Å². The molecule has 1 unspecified atom stereocenters. The van der Waals surface area contributed by atoms with E-state index in [1.807, 2.05) is 4.90 Å². The molecule has 2 N–H and O–H groups in total. The number of nitrogens with one attached hydrogen (secondary N) is 2. The van der Waals surface area contributed by atoms with Crippen molar-refractivity contribution in [2.24, 2.45) is 0 Å². The molecule has 0 radical (unpaired) electrons. The van der Waals surface area contributed by atoms with Gasteiger partial charge in [-0.1, -0.05) is 0 Å². The van der Waals surface area contributed by atoms with Gasteiger partial charge in [-0.25, -0.2) is 9.89 Å². The second-order valence-corrected chi connectivity index (χ2v) is 5.12. The zero-order chi connectivity index (χ0) is 15.7. The van der Waals surface area contributed by atoms with Gasteiger partial charge in [0.1, 0.15) is 5.82 Å². The standard InChI is InChI=1S/C12H13F3N6O/c13-12(14,15)8-3-4-9(18-17-8)21-5-1-2-7(6-21)10-16-11(22)20-19-10/h3-4,7H,1-2,5-6H2,(H2,16,19,20,22). The van der Waals surface area contributed by atoms with Crippen molar-refractivity contribution in [3.05, 3.63) is 34.1 Å². The summed E-state index contributed by atoms with van der Waals surface area (Å²) >= 11 is 0.